The molecule has 0 aromatic heterocycles. The molecule has 198 valence electrons. The highest BCUT2D eigenvalue weighted by atomic mass is 35.5. The van der Waals surface area contributed by atoms with Crippen LogP contribution in [0.3, 0.4) is 0 Å². The highest BCUT2D eigenvalue weighted by molar-refractivity contribution is 6.32. The molecule has 3 atom stereocenters. The molecule has 5 nitrogen and oxygen atoms in total. The van der Waals surface area contributed by atoms with Crippen molar-refractivity contribution in [2.75, 3.05) is 11.5 Å². The van der Waals surface area contributed by atoms with Crippen LogP contribution < -0.4 is 9.64 Å². The van der Waals surface area contributed by atoms with E-state index in [1.165, 1.54) is 0 Å². The van der Waals surface area contributed by atoms with Gasteiger partial charge in [-0.15, -0.1) is 0 Å². The molecule has 1 saturated heterocycles. The molecular formula is C33H30ClNO4. The predicted molar refractivity (Wildman–Crippen MR) is 153 cm³/mol. The SMILES string of the molecule is CCOc1ccccc1C1C(C(=O)C(C)(C)C)N2c3ccc(Cl)cc3C=CC2C12C(=O)c1ccccc1C2=O. The van der Waals surface area contributed by atoms with Crippen molar-refractivity contribution in [3.05, 3.63) is 100 Å². The quantitative estimate of drug-likeness (QED) is 0.342. The lowest BCUT2D eigenvalue weighted by molar-refractivity contribution is -0.127. The Morgan fingerprint density at radius 2 is 1.62 bits per heavy atom. The molecule has 2 aliphatic heterocycles. The number of halogens is 1. The second-order valence-electron chi connectivity index (χ2n) is 11.5. The van der Waals surface area contributed by atoms with Crippen LogP contribution in [0, 0.1) is 10.8 Å². The summed E-state index contributed by atoms with van der Waals surface area (Å²) in [5, 5.41) is 0.572. The van der Waals surface area contributed by atoms with Gasteiger partial charge < -0.3 is 9.64 Å². The van der Waals surface area contributed by atoms with Gasteiger partial charge in [-0.2, -0.15) is 0 Å². The van der Waals surface area contributed by atoms with E-state index >= 15 is 0 Å². The Labute approximate surface area is 233 Å². The number of fused-ring (bicyclic) bond motifs is 5. The average Bonchev–Trinajstić information content (AvgIpc) is 3.34. The normalized spacial score (nSPS) is 22.6. The van der Waals surface area contributed by atoms with Gasteiger partial charge in [0.1, 0.15) is 11.2 Å². The predicted octanol–water partition coefficient (Wildman–Crippen LogP) is 6.79. The smallest absolute Gasteiger partial charge is 0.180 e. The van der Waals surface area contributed by atoms with Gasteiger partial charge in [-0.1, -0.05) is 87.0 Å². The number of hydrogen-bond donors (Lipinski definition) is 0. The summed E-state index contributed by atoms with van der Waals surface area (Å²) in [4.78, 5) is 45.9. The number of rotatable bonds is 4. The molecule has 3 aromatic rings. The second-order valence-corrected chi connectivity index (χ2v) is 11.9. The number of carbonyl (C=O) groups excluding carboxylic acids is 3. The van der Waals surface area contributed by atoms with Crippen LogP contribution in [0.4, 0.5) is 5.69 Å². The van der Waals surface area contributed by atoms with Crippen LogP contribution in [0.25, 0.3) is 6.08 Å². The van der Waals surface area contributed by atoms with E-state index < -0.39 is 28.8 Å². The first-order chi connectivity index (χ1) is 18.6. The van der Waals surface area contributed by atoms with Crippen molar-refractivity contribution in [2.24, 2.45) is 10.8 Å². The highest BCUT2D eigenvalue weighted by Crippen LogP contribution is 2.62. The molecule has 6 heteroatoms. The van der Waals surface area contributed by atoms with Gasteiger partial charge in [0.25, 0.3) is 0 Å². The fraction of sp³-hybridized carbons (Fsp3) is 0.303. The number of para-hydroxylation sites is 1. The lowest BCUT2D eigenvalue weighted by Crippen LogP contribution is -2.49. The molecule has 0 radical (unpaired) electrons. The van der Waals surface area contributed by atoms with Crippen LogP contribution in [0.2, 0.25) is 5.02 Å². The van der Waals surface area contributed by atoms with E-state index in [9.17, 15) is 14.4 Å². The Morgan fingerprint density at radius 1 is 0.974 bits per heavy atom. The molecule has 0 amide bonds. The summed E-state index contributed by atoms with van der Waals surface area (Å²) in [6, 6.07) is 18.6. The van der Waals surface area contributed by atoms with Crippen LogP contribution >= 0.6 is 11.6 Å². The van der Waals surface area contributed by atoms with Gasteiger partial charge >= 0.3 is 0 Å². The number of anilines is 1. The number of nitrogens with zero attached hydrogens (tertiary/aromatic N) is 1. The first-order valence-electron chi connectivity index (χ1n) is 13.3. The van der Waals surface area contributed by atoms with Crippen molar-refractivity contribution in [3.63, 3.8) is 0 Å². The summed E-state index contributed by atoms with van der Waals surface area (Å²) in [5.74, 6) is -0.752. The number of carbonyl (C=O) groups is 3. The zero-order valence-corrected chi connectivity index (χ0v) is 23.2. The molecule has 3 unspecified atom stereocenters. The summed E-state index contributed by atoms with van der Waals surface area (Å²) in [6.07, 6.45) is 3.83. The van der Waals surface area contributed by atoms with Crippen LogP contribution in [0.1, 0.15) is 65.5 Å². The Morgan fingerprint density at radius 3 is 2.26 bits per heavy atom. The fourth-order valence-corrected chi connectivity index (χ4v) is 6.94. The molecule has 1 fully saturated rings. The summed E-state index contributed by atoms with van der Waals surface area (Å²) in [7, 11) is 0. The van der Waals surface area contributed by atoms with E-state index in [0.717, 1.165) is 11.3 Å². The minimum absolute atomic E-state index is 0.0477. The highest BCUT2D eigenvalue weighted by Gasteiger charge is 2.72. The third-order valence-electron chi connectivity index (χ3n) is 8.33. The van der Waals surface area contributed by atoms with Crippen molar-refractivity contribution in [1.82, 2.24) is 0 Å². The topological polar surface area (TPSA) is 63.7 Å². The first-order valence-corrected chi connectivity index (χ1v) is 13.7. The van der Waals surface area contributed by atoms with Crippen molar-refractivity contribution in [2.45, 2.75) is 45.7 Å². The first kappa shape index (κ1) is 25.6. The minimum atomic E-state index is -1.55. The van der Waals surface area contributed by atoms with E-state index in [1.807, 2.05) is 81.1 Å². The fourth-order valence-electron chi connectivity index (χ4n) is 6.76. The van der Waals surface area contributed by atoms with E-state index in [0.29, 0.717) is 34.1 Å². The Balaban J connectivity index is 1.72. The molecule has 2 heterocycles. The maximum absolute atomic E-state index is 14.7. The summed E-state index contributed by atoms with van der Waals surface area (Å²) < 4.78 is 6.06. The molecule has 6 rings (SSSR count). The average molecular weight is 540 g/mol. The van der Waals surface area contributed by atoms with Gasteiger partial charge in [-0.25, -0.2) is 0 Å². The van der Waals surface area contributed by atoms with Crippen LogP contribution in [0.5, 0.6) is 5.75 Å². The third-order valence-corrected chi connectivity index (χ3v) is 8.56. The number of ether oxygens (including phenoxy) is 1. The zero-order chi connectivity index (χ0) is 27.7. The number of Topliss-reactive ketones (excluding diaryl/α,β-unsaturated/α-hetero) is 3. The Hall–Kier alpha value is -3.70. The Bertz CT molecular complexity index is 1530. The van der Waals surface area contributed by atoms with Crippen molar-refractivity contribution in [3.8, 4) is 5.75 Å². The van der Waals surface area contributed by atoms with Gasteiger partial charge in [-0.05, 0) is 36.8 Å². The second kappa shape index (κ2) is 8.92. The van der Waals surface area contributed by atoms with E-state index in [1.54, 1.807) is 30.3 Å². The molecule has 3 aromatic carbocycles. The number of ketones is 3. The van der Waals surface area contributed by atoms with Gasteiger partial charge in [-0.3, -0.25) is 14.4 Å². The monoisotopic (exact) mass is 539 g/mol. The molecule has 0 N–H and O–H groups in total. The molecule has 1 spiro atoms. The van der Waals surface area contributed by atoms with Gasteiger partial charge in [0.15, 0.2) is 17.3 Å². The maximum atomic E-state index is 14.7. The lowest BCUT2D eigenvalue weighted by Gasteiger charge is -2.38. The number of benzene rings is 3. The van der Waals surface area contributed by atoms with Gasteiger partial charge in [0.05, 0.1) is 18.7 Å². The maximum Gasteiger partial charge on any atom is 0.180 e. The van der Waals surface area contributed by atoms with Crippen molar-refractivity contribution < 1.29 is 19.1 Å². The van der Waals surface area contributed by atoms with Crippen LogP contribution in [-0.2, 0) is 4.79 Å². The summed E-state index contributed by atoms with van der Waals surface area (Å²) in [5.41, 5.74) is 0.827. The zero-order valence-electron chi connectivity index (χ0n) is 22.4. The summed E-state index contributed by atoms with van der Waals surface area (Å²) >= 11 is 6.35. The van der Waals surface area contributed by atoms with Crippen molar-refractivity contribution in [1.29, 1.82) is 0 Å². The molecular weight excluding hydrogens is 510 g/mol. The van der Waals surface area contributed by atoms with E-state index in [2.05, 4.69) is 0 Å². The minimum Gasteiger partial charge on any atom is -0.494 e. The molecule has 39 heavy (non-hydrogen) atoms. The van der Waals surface area contributed by atoms with E-state index in [-0.39, 0.29) is 17.3 Å². The van der Waals surface area contributed by atoms with Crippen LogP contribution in [-0.4, -0.2) is 36.0 Å². The molecule has 3 aliphatic rings. The third kappa shape index (κ3) is 3.49. The summed E-state index contributed by atoms with van der Waals surface area (Å²) in [6.45, 7) is 7.96. The largest absolute Gasteiger partial charge is 0.494 e. The Kier molecular flexibility index (Phi) is 5.85. The lowest BCUT2D eigenvalue weighted by atomic mass is 9.63. The van der Waals surface area contributed by atoms with E-state index in [4.69, 9.17) is 16.3 Å². The molecule has 0 saturated carbocycles. The van der Waals surface area contributed by atoms with Crippen molar-refractivity contribution >= 4 is 40.7 Å². The molecule has 1 aliphatic carbocycles. The van der Waals surface area contributed by atoms with Gasteiger partial charge in [0.2, 0.25) is 0 Å². The number of hydrogen-bond acceptors (Lipinski definition) is 5. The van der Waals surface area contributed by atoms with Gasteiger partial charge in [0, 0.05) is 38.7 Å². The van der Waals surface area contributed by atoms with Crippen LogP contribution in [0.15, 0.2) is 72.8 Å². The molecule has 0 bridgehead atoms. The standard InChI is InChI=1S/C33H30ClNO4/c1-5-39-25-13-9-8-12-23(25)27-28(31(38)32(2,3)4)35-24-16-15-20(34)18-19(24)14-17-26(35)33(27)29(36)21-10-6-7-11-22(21)30(33)37/h6-18,26-28H,5H2,1-4H3.